The van der Waals surface area contributed by atoms with E-state index in [1.54, 1.807) is 0 Å². The van der Waals surface area contributed by atoms with E-state index >= 15 is 0 Å². The Hall–Kier alpha value is -2.63. The number of hydrogen-bond donors (Lipinski definition) is 0. The predicted molar refractivity (Wildman–Crippen MR) is 122 cm³/mol. The Morgan fingerprint density at radius 2 is 0.967 bits per heavy atom. The number of ether oxygens (including phenoxy) is 1. The van der Waals surface area contributed by atoms with Crippen LogP contribution in [0.3, 0.4) is 0 Å². The fraction of sp³-hybridized carbons (Fsp3) is 0.111. The molecule has 4 aromatic rings. The second-order valence-electron chi connectivity index (χ2n) is 7.20. The van der Waals surface area contributed by atoms with Crippen molar-refractivity contribution in [2.24, 2.45) is 0 Å². The van der Waals surface area contributed by atoms with Crippen LogP contribution in [-0.4, -0.2) is 13.2 Å². The van der Waals surface area contributed by atoms with E-state index < -0.39 is 0 Å². The van der Waals surface area contributed by atoms with Gasteiger partial charge in [0.1, 0.15) is 36.0 Å². The first kappa shape index (κ1) is 22.1. The molecule has 0 spiro atoms. The fourth-order valence-corrected chi connectivity index (χ4v) is 3.82. The number of aryl methyl sites for hydroxylation is 1. The lowest BCUT2D eigenvalue weighted by atomic mass is 10.1. The first-order chi connectivity index (χ1) is 14.3. The van der Waals surface area contributed by atoms with E-state index in [9.17, 15) is 0 Å². The van der Waals surface area contributed by atoms with E-state index in [2.05, 4.69) is 110 Å². The van der Waals surface area contributed by atoms with Crippen molar-refractivity contribution >= 4 is 17.1 Å². The van der Waals surface area contributed by atoms with Gasteiger partial charge in [-0.2, -0.15) is 0 Å². The quantitative estimate of drug-likeness (QED) is 0.271. The van der Waals surface area contributed by atoms with Crippen LogP contribution in [0.1, 0.15) is 5.56 Å². The van der Waals surface area contributed by atoms with Gasteiger partial charge in [-0.15, -0.1) is 0 Å². The Bertz CT molecular complexity index is 922. The largest absolute Gasteiger partial charge is 1.00 e. The van der Waals surface area contributed by atoms with Crippen LogP contribution in [0, 0.1) is 6.92 Å². The van der Waals surface area contributed by atoms with Crippen LogP contribution in [0.4, 0.5) is 17.1 Å². The summed E-state index contributed by atoms with van der Waals surface area (Å²) in [6.07, 6.45) is 0. The maximum absolute atomic E-state index is 6.17. The van der Waals surface area contributed by atoms with Gasteiger partial charge in [0.05, 0.1) is 0 Å². The molecule has 0 aliphatic rings. The molecule has 0 aliphatic heterocycles. The van der Waals surface area contributed by atoms with E-state index in [1.807, 2.05) is 12.1 Å². The maximum atomic E-state index is 6.17. The molecule has 4 aromatic carbocycles. The van der Waals surface area contributed by atoms with Gasteiger partial charge in [0, 0.05) is 0 Å². The molecule has 0 N–H and O–H groups in total. The van der Waals surface area contributed by atoms with Gasteiger partial charge in [-0.1, -0.05) is 72.3 Å². The second kappa shape index (κ2) is 10.4. The summed E-state index contributed by atoms with van der Waals surface area (Å²) in [7, 11) is 0. The molecular weight excluding hydrogens is 481 g/mol. The lowest BCUT2D eigenvalue weighted by Crippen LogP contribution is -3.00. The first-order valence-electron chi connectivity index (χ1n) is 10.0. The molecule has 152 valence electrons. The normalized spacial score (nSPS) is 10.8. The Balaban J connectivity index is 0.00000256. The van der Waals surface area contributed by atoms with Crippen molar-refractivity contribution < 1.29 is 28.7 Å². The van der Waals surface area contributed by atoms with Crippen molar-refractivity contribution in [1.82, 2.24) is 4.48 Å². The molecule has 0 aliphatic carbocycles. The lowest BCUT2D eigenvalue weighted by molar-refractivity contribution is -0.00000619. The van der Waals surface area contributed by atoms with Crippen LogP contribution in [0.25, 0.3) is 0 Å². The van der Waals surface area contributed by atoms with Crippen LogP contribution >= 0.6 is 0 Å². The third-order valence-electron chi connectivity index (χ3n) is 5.31. The summed E-state index contributed by atoms with van der Waals surface area (Å²) in [6.45, 7) is 3.47. The molecule has 0 aromatic heterocycles. The zero-order chi connectivity index (χ0) is 19.9. The van der Waals surface area contributed by atoms with Gasteiger partial charge in [0.2, 0.25) is 0 Å². The molecule has 0 saturated carbocycles. The van der Waals surface area contributed by atoms with Crippen molar-refractivity contribution in [3.8, 4) is 5.75 Å². The maximum Gasteiger partial charge on any atom is 0.143 e. The summed E-state index contributed by atoms with van der Waals surface area (Å²) in [5.74, 6) is 0.905. The molecule has 0 heterocycles. The molecule has 2 nitrogen and oxygen atoms in total. The van der Waals surface area contributed by atoms with E-state index in [0.717, 1.165) is 12.3 Å². The van der Waals surface area contributed by atoms with E-state index in [1.165, 1.54) is 22.6 Å². The Kier molecular flexibility index (Phi) is 7.66. The molecule has 30 heavy (non-hydrogen) atoms. The number of halogens is 1. The summed E-state index contributed by atoms with van der Waals surface area (Å²) in [6, 6.07) is 40.3. The van der Waals surface area contributed by atoms with Gasteiger partial charge in [-0.3, -0.25) is 0 Å². The van der Waals surface area contributed by atoms with Crippen molar-refractivity contribution in [3.05, 3.63) is 121 Å². The second-order valence-corrected chi connectivity index (χ2v) is 7.20. The van der Waals surface area contributed by atoms with Crippen LogP contribution in [-0.2, 0) is 0 Å². The minimum Gasteiger partial charge on any atom is -1.00 e. The molecule has 3 heteroatoms. The molecule has 0 radical (unpaired) electrons. The third kappa shape index (κ3) is 4.74. The first-order valence-corrected chi connectivity index (χ1v) is 10.0. The summed E-state index contributed by atoms with van der Waals surface area (Å²) >= 11 is 0. The monoisotopic (exact) mass is 507 g/mol. The van der Waals surface area contributed by atoms with Crippen LogP contribution < -0.4 is 33.2 Å². The zero-order valence-electron chi connectivity index (χ0n) is 17.1. The Labute approximate surface area is 196 Å². The summed E-state index contributed by atoms with van der Waals surface area (Å²) in [5.41, 5.74) is 4.90. The molecule has 0 amide bonds. The molecule has 0 fully saturated rings. The minimum absolute atomic E-state index is 0. The number of rotatable bonds is 7. The van der Waals surface area contributed by atoms with Gasteiger partial charge in [0.25, 0.3) is 0 Å². The van der Waals surface area contributed by atoms with Gasteiger partial charge >= 0.3 is 0 Å². The molecule has 0 atom stereocenters. The molecule has 0 saturated heterocycles. The van der Waals surface area contributed by atoms with Gasteiger partial charge in [-0.25, -0.2) is 4.48 Å². The third-order valence-corrected chi connectivity index (χ3v) is 5.31. The topological polar surface area (TPSA) is 9.23 Å². The highest BCUT2D eigenvalue weighted by Crippen LogP contribution is 2.43. The van der Waals surface area contributed by atoms with Crippen LogP contribution in [0.5, 0.6) is 5.75 Å². The van der Waals surface area contributed by atoms with Crippen LogP contribution in [0.15, 0.2) is 115 Å². The van der Waals surface area contributed by atoms with Crippen molar-refractivity contribution in [1.29, 1.82) is 0 Å². The number of quaternary nitrogens is 1. The molecular formula is C27H26INO. The van der Waals surface area contributed by atoms with Crippen molar-refractivity contribution in [3.63, 3.8) is 0 Å². The van der Waals surface area contributed by atoms with Crippen molar-refractivity contribution in [2.75, 3.05) is 13.2 Å². The zero-order valence-corrected chi connectivity index (χ0v) is 19.3. The summed E-state index contributed by atoms with van der Waals surface area (Å²) < 4.78 is 6.77. The van der Waals surface area contributed by atoms with Gasteiger partial charge in [-0.05, 0) is 55.5 Å². The number of nitrogens with zero attached hydrogens (tertiary/aromatic N) is 1. The lowest BCUT2D eigenvalue weighted by Gasteiger charge is -2.37. The smallest absolute Gasteiger partial charge is 0.143 e. The standard InChI is InChI=1S/C27H26NO.HI/c1-23-17-19-27(20-18-23)29-22-21-28(24-11-5-2-6-12-24,25-13-7-3-8-14-25)26-15-9-4-10-16-26;/h2-20H,21-22H2,1H3;1H/q+1;/p-1. The average molecular weight is 507 g/mol. The highest BCUT2D eigenvalue weighted by molar-refractivity contribution is 5.70. The van der Waals surface area contributed by atoms with E-state index in [-0.39, 0.29) is 24.0 Å². The summed E-state index contributed by atoms with van der Waals surface area (Å²) in [5, 5.41) is 0. The van der Waals surface area contributed by atoms with Gasteiger partial charge in [0.15, 0.2) is 0 Å². The molecule has 4 rings (SSSR count). The highest BCUT2D eigenvalue weighted by atomic mass is 127. The Morgan fingerprint density at radius 3 is 1.37 bits per heavy atom. The predicted octanol–water partition coefficient (Wildman–Crippen LogP) is 4.05. The highest BCUT2D eigenvalue weighted by Gasteiger charge is 2.36. The fourth-order valence-electron chi connectivity index (χ4n) is 3.82. The Morgan fingerprint density at radius 1 is 0.567 bits per heavy atom. The van der Waals surface area contributed by atoms with E-state index in [4.69, 9.17) is 4.74 Å². The number of hydrogen-bond acceptors (Lipinski definition) is 1. The van der Waals surface area contributed by atoms with Crippen LogP contribution in [0.2, 0.25) is 0 Å². The minimum atomic E-state index is 0. The van der Waals surface area contributed by atoms with E-state index in [0.29, 0.717) is 11.1 Å². The van der Waals surface area contributed by atoms with Gasteiger partial charge < -0.3 is 28.7 Å². The molecule has 0 bridgehead atoms. The number of para-hydroxylation sites is 3. The average Bonchev–Trinajstić information content (AvgIpc) is 2.80. The molecule has 0 unspecified atom stereocenters. The number of benzene rings is 4. The summed E-state index contributed by atoms with van der Waals surface area (Å²) in [4.78, 5) is 0. The van der Waals surface area contributed by atoms with Crippen molar-refractivity contribution in [2.45, 2.75) is 6.92 Å². The SMILES string of the molecule is Cc1ccc(OCC[N+](c2ccccc2)(c2ccccc2)c2ccccc2)cc1.[I-].